The fourth-order valence-corrected chi connectivity index (χ4v) is 6.37. The van der Waals surface area contributed by atoms with Gasteiger partial charge in [-0.05, 0) is 93.9 Å². The lowest BCUT2D eigenvalue weighted by Gasteiger charge is -2.36. The fourth-order valence-electron chi connectivity index (χ4n) is 5.12. The quantitative estimate of drug-likeness (QED) is 0.487. The van der Waals surface area contributed by atoms with Crippen molar-refractivity contribution < 1.29 is 0 Å². The van der Waals surface area contributed by atoms with Crippen LogP contribution in [0, 0.1) is 6.92 Å². The number of benzene rings is 1. The van der Waals surface area contributed by atoms with Crippen LogP contribution in [0.1, 0.15) is 41.7 Å². The standard InChI is InChI=1S/C24H29ClN4S/c1-15-20(18-9-8-16-6-4-5-7-17(16)14-18)21-22(26-24(25)27-23(21)30-15)29(3)19-10-12-28(2)13-11-19/h8-9,14,19H,4-7,10-13H2,1-3H3. The molecule has 4 nitrogen and oxygen atoms in total. The minimum Gasteiger partial charge on any atom is -0.356 e. The predicted octanol–water partition coefficient (Wildman–Crippen LogP) is 5.73. The number of rotatable bonds is 3. The molecule has 0 radical (unpaired) electrons. The second-order valence-electron chi connectivity index (χ2n) is 8.87. The van der Waals surface area contributed by atoms with Gasteiger partial charge in [-0.25, -0.2) is 4.98 Å². The van der Waals surface area contributed by atoms with E-state index >= 15 is 0 Å². The number of anilines is 1. The Bertz CT molecular complexity index is 1080. The highest BCUT2D eigenvalue weighted by Gasteiger charge is 2.26. The highest BCUT2D eigenvalue weighted by atomic mass is 35.5. The lowest BCUT2D eigenvalue weighted by molar-refractivity contribution is 0.252. The van der Waals surface area contributed by atoms with Crippen molar-refractivity contribution in [1.82, 2.24) is 14.9 Å². The summed E-state index contributed by atoms with van der Waals surface area (Å²) in [5.74, 6) is 0.983. The summed E-state index contributed by atoms with van der Waals surface area (Å²) in [5, 5.41) is 1.51. The van der Waals surface area contributed by atoms with Crippen molar-refractivity contribution in [3.8, 4) is 11.1 Å². The van der Waals surface area contributed by atoms with Crippen LogP contribution in [0.5, 0.6) is 0 Å². The first-order chi connectivity index (χ1) is 14.5. The second kappa shape index (κ2) is 8.10. The van der Waals surface area contributed by atoms with E-state index in [4.69, 9.17) is 16.6 Å². The molecule has 0 unspecified atom stereocenters. The number of hydrogen-bond acceptors (Lipinski definition) is 5. The van der Waals surface area contributed by atoms with E-state index in [0.717, 1.165) is 36.6 Å². The van der Waals surface area contributed by atoms with E-state index in [0.29, 0.717) is 11.3 Å². The van der Waals surface area contributed by atoms with Gasteiger partial charge in [0.15, 0.2) is 0 Å². The molecule has 0 saturated carbocycles. The number of fused-ring (bicyclic) bond motifs is 2. The molecule has 6 heteroatoms. The van der Waals surface area contributed by atoms with E-state index in [1.54, 1.807) is 11.3 Å². The van der Waals surface area contributed by atoms with Crippen LogP contribution < -0.4 is 4.90 Å². The average Bonchev–Trinajstić information content (AvgIpc) is 3.08. The fraction of sp³-hybridized carbons (Fsp3) is 0.500. The van der Waals surface area contributed by atoms with Gasteiger partial charge in [0.25, 0.3) is 0 Å². The largest absolute Gasteiger partial charge is 0.356 e. The molecule has 3 aromatic rings. The van der Waals surface area contributed by atoms with Crippen LogP contribution >= 0.6 is 22.9 Å². The highest BCUT2D eigenvalue weighted by Crippen LogP contribution is 2.43. The third-order valence-electron chi connectivity index (χ3n) is 6.89. The molecule has 1 aliphatic carbocycles. The molecule has 3 heterocycles. The van der Waals surface area contributed by atoms with Crippen molar-refractivity contribution in [3.05, 3.63) is 39.5 Å². The summed E-state index contributed by atoms with van der Waals surface area (Å²) >= 11 is 8.12. The van der Waals surface area contributed by atoms with Crippen molar-refractivity contribution in [2.45, 2.75) is 51.5 Å². The maximum absolute atomic E-state index is 6.38. The molecule has 2 aromatic heterocycles. The molecule has 30 heavy (non-hydrogen) atoms. The smallest absolute Gasteiger partial charge is 0.225 e. The third kappa shape index (κ3) is 3.61. The van der Waals surface area contributed by atoms with E-state index in [2.05, 4.69) is 54.0 Å². The Kier molecular flexibility index (Phi) is 5.46. The van der Waals surface area contributed by atoms with Crippen LogP contribution in [-0.2, 0) is 12.8 Å². The van der Waals surface area contributed by atoms with E-state index in [1.165, 1.54) is 58.2 Å². The Morgan fingerprint density at radius 2 is 1.83 bits per heavy atom. The van der Waals surface area contributed by atoms with Gasteiger partial charge in [-0.2, -0.15) is 4.98 Å². The molecule has 0 atom stereocenters. The number of hydrogen-bond donors (Lipinski definition) is 0. The first-order valence-electron chi connectivity index (χ1n) is 11.0. The van der Waals surface area contributed by atoms with Crippen LogP contribution in [0.3, 0.4) is 0 Å². The number of aromatic nitrogens is 2. The van der Waals surface area contributed by atoms with Gasteiger partial charge in [0.1, 0.15) is 10.6 Å². The average molecular weight is 441 g/mol. The van der Waals surface area contributed by atoms with Crippen molar-refractivity contribution in [2.75, 3.05) is 32.1 Å². The first-order valence-corrected chi connectivity index (χ1v) is 12.2. The van der Waals surface area contributed by atoms with Crippen molar-refractivity contribution >= 4 is 39.0 Å². The topological polar surface area (TPSA) is 32.3 Å². The number of thiophene rings is 1. The molecule has 0 spiro atoms. The SMILES string of the molecule is Cc1sc2nc(Cl)nc(N(C)C3CCN(C)CC3)c2c1-c1ccc2c(c1)CCCC2. The summed E-state index contributed by atoms with van der Waals surface area (Å²) in [7, 11) is 4.38. The summed E-state index contributed by atoms with van der Waals surface area (Å²) in [5.41, 5.74) is 5.61. The summed E-state index contributed by atoms with van der Waals surface area (Å²) in [6, 6.07) is 7.53. The monoisotopic (exact) mass is 440 g/mol. The molecule has 158 valence electrons. The van der Waals surface area contributed by atoms with Gasteiger partial charge in [0, 0.05) is 23.5 Å². The number of halogens is 1. The molecule has 1 fully saturated rings. The highest BCUT2D eigenvalue weighted by molar-refractivity contribution is 7.19. The van der Waals surface area contributed by atoms with E-state index < -0.39 is 0 Å². The van der Waals surface area contributed by atoms with Gasteiger partial charge in [-0.3, -0.25) is 0 Å². The molecule has 5 rings (SSSR count). The summed E-state index contributed by atoms with van der Waals surface area (Å²) < 4.78 is 0. The number of nitrogens with zero attached hydrogens (tertiary/aromatic N) is 4. The molecule has 0 bridgehead atoms. The molecule has 1 aliphatic heterocycles. The predicted molar refractivity (Wildman–Crippen MR) is 128 cm³/mol. The van der Waals surface area contributed by atoms with Gasteiger partial charge >= 0.3 is 0 Å². The van der Waals surface area contributed by atoms with Gasteiger partial charge in [0.2, 0.25) is 5.28 Å². The summed E-state index contributed by atoms with van der Waals surface area (Å²) in [6.45, 7) is 4.45. The maximum atomic E-state index is 6.38. The first kappa shape index (κ1) is 20.2. The van der Waals surface area contributed by atoms with E-state index in [1.807, 2.05) is 0 Å². The van der Waals surface area contributed by atoms with E-state index in [-0.39, 0.29) is 0 Å². The zero-order valence-electron chi connectivity index (χ0n) is 18.0. The minimum atomic E-state index is 0.343. The Morgan fingerprint density at radius 1 is 1.10 bits per heavy atom. The normalized spacial score (nSPS) is 18.0. The molecule has 1 saturated heterocycles. The van der Waals surface area contributed by atoms with Crippen LogP contribution in [0.4, 0.5) is 5.82 Å². The molecule has 2 aliphatic rings. The van der Waals surface area contributed by atoms with Gasteiger partial charge in [0.05, 0.1) is 5.39 Å². The summed E-state index contributed by atoms with van der Waals surface area (Å²) in [4.78, 5) is 16.4. The molecule has 0 N–H and O–H groups in total. The number of piperidine rings is 1. The molecular formula is C24H29ClN4S. The van der Waals surface area contributed by atoms with Crippen LogP contribution in [0.2, 0.25) is 5.28 Å². The lowest BCUT2D eigenvalue weighted by Crippen LogP contribution is -2.42. The van der Waals surface area contributed by atoms with Crippen molar-refractivity contribution in [1.29, 1.82) is 0 Å². The lowest BCUT2D eigenvalue weighted by atomic mass is 9.89. The number of aryl methyl sites for hydroxylation is 3. The zero-order valence-corrected chi connectivity index (χ0v) is 19.6. The Morgan fingerprint density at radius 3 is 2.60 bits per heavy atom. The Hall–Kier alpha value is -1.69. The maximum Gasteiger partial charge on any atom is 0.225 e. The van der Waals surface area contributed by atoms with Crippen molar-refractivity contribution in [3.63, 3.8) is 0 Å². The van der Waals surface area contributed by atoms with Crippen LogP contribution in [-0.4, -0.2) is 48.1 Å². The molecule has 1 aromatic carbocycles. The molecule has 0 amide bonds. The van der Waals surface area contributed by atoms with Crippen molar-refractivity contribution in [2.24, 2.45) is 0 Å². The van der Waals surface area contributed by atoms with Crippen LogP contribution in [0.15, 0.2) is 18.2 Å². The minimum absolute atomic E-state index is 0.343. The number of likely N-dealkylation sites (tertiary alicyclic amines) is 1. The summed E-state index contributed by atoms with van der Waals surface area (Å²) in [6.07, 6.45) is 7.30. The van der Waals surface area contributed by atoms with Gasteiger partial charge in [-0.1, -0.05) is 18.2 Å². The molecular weight excluding hydrogens is 412 g/mol. The Labute approximate surface area is 187 Å². The van der Waals surface area contributed by atoms with Gasteiger partial charge < -0.3 is 9.80 Å². The van der Waals surface area contributed by atoms with Crippen LogP contribution in [0.25, 0.3) is 21.3 Å². The third-order valence-corrected chi connectivity index (χ3v) is 8.06. The van der Waals surface area contributed by atoms with E-state index in [9.17, 15) is 0 Å². The Balaban J connectivity index is 1.64. The zero-order chi connectivity index (χ0) is 20.8. The van der Waals surface area contributed by atoms with Gasteiger partial charge in [-0.15, -0.1) is 11.3 Å². The second-order valence-corrected chi connectivity index (χ2v) is 10.4.